The summed E-state index contributed by atoms with van der Waals surface area (Å²) in [4.78, 5) is 2.50. The van der Waals surface area contributed by atoms with Crippen molar-refractivity contribution in [2.45, 2.75) is 25.0 Å². The van der Waals surface area contributed by atoms with Crippen molar-refractivity contribution >= 4 is 15.9 Å². The van der Waals surface area contributed by atoms with E-state index in [1.165, 1.54) is 5.56 Å². The molecule has 19 heavy (non-hydrogen) atoms. The second kappa shape index (κ2) is 7.39. The van der Waals surface area contributed by atoms with Crippen molar-refractivity contribution < 1.29 is 4.74 Å². The number of nitrogens with one attached hydrogen (secondary N) is 1. The lowest BCUT2D eigenvalue weighted by molar-refractivity contribution is 0.107. The topological polar surface area (TPSA) is 24.5 Å². The summed E-state index contributed by atoms with van der Waals surface area (Å²) in [7, 11) is 3.85. The van der Waals surface area contributed by atoms with E-state index in [0.717, 1.165) is 36.9 Å². The third kappa shape index (κ3) is 4.28. The zero-order valence-corrected chi connectivity index (χ0v) is 13.3. The summed E-state index contributed by atoms with van der Waals surface area (Å²) in [6.07, 6.45) is 2.72. The van der Waals surface area contributed by atoms with Gasteiger partial charge in [0.25, 0.3) is 0 Å². The Labute approximate surface area is 124 Å². The van der Waals surface area contributed by atoms with Crippen molar-refractivity contribution in [3.63, 3.8) is 0 Å². The molecule has 0 amide bonds. The minimum atomic E-state index is 0.416. The largest absolute Gasteiger partial charge is 0.380 e. The molecule has 1 fully saturated rings. The third-order valence-electron chi connectivity index (χ3n) is 3.90. The van der Waals surface area contributed by atoms with Crippen molar-refractivity contribution in [3.8, 4) is 0 Å². The van der Waals surface area contributed by atoms with E-state index in [2.05, 4.69) is 50.4 Å². The van der Waals surface area contributed by atoms with Gasteiger partial charge >= 0.3 is 0 Å². The molecule has 1 aromatic carbocycles. The summed E-state index contributed by atoms with van der Waals surface area (Å²) in [6.45, 7) is 3.36. The molecule has 2 rings (SSSR count). The fourth-order valence-corrected chi connectivity index (χ4v) is 3.12. The van der Waals surface area contributed by atoms with E-state index in [4.69, 9.17) is 4.74 Å². The first-order chi connectivity index (χ1) is 9.22. The highest BCUT2D eigenvalue weighted by Gasteiger charge is 2.22. The van der Waals surface area contributed by atoms with E-state index in [1.807, 2.05) is 14.2 Å². The summed E-state index contributed by atoms with van der Waals surface area (Å²) in [5, 5.41) is 3.42. The highest BCUT2D eigenvalue weighted by Crippen LogP contribution is 2.22. The first kappa shape index (κ1) is 15.0. The van der Waals surface area contributed by atoms with Gasteiger partial charge in [-0.2, -0.15) is 0 Å². The van der Waals surface area contributed by atoms with E-state index in [9.17, 15) is 0 Å². The maximum absolute atomic E-state index is 5.41. The first-order valence-corrected chi connectivity index (χ1v) is 7.70. The Morgan fingerprint density at radius 1 is 1.53 bits per heavy atom. The van der Waals surface area contributed by atoms with Crippen LogP contribution in [0.5, 0.6) is 0 Å². The summed E-state index contributed by atoms with van der Waals surface area (Å²) < 4.78 is 6.56. The van der Waals surface area contributed by atoms with Crippen LogP contribution in [0.4, 0.5) is 0 Å². The number of rotatable bonds is 6. The number of likely N-dealkylation sites (tertiary alicyclic amines) is 1. The monoisotopic (exact) mass is 326 g/mol. The van der Waals surface area contributed by atoms with Crippen LogP contribution in [0.15, 0.2) is 28.7 Å². The quantitative estimate of drug-likeness (QED) is 0.870. The smallest absolute Gasteiger partial charge is 0.0710 e. The molecule has 1 saturated heterocycles. The molecule has 1 N–H and O–H groups in total. The molecule has 0 saturated carbocycles. The fraction of sp³-hybridized carbons (Fsp3) is 0.600. The Morgan fingerprint density at radius 2 is 2.37 bits per heavy atom. The Kier molecular flexibility index (Phi) is 5.82. The van der Waals surface area contributed by atoms with Crippen molar-refractivity contribution in [2.24, 2.45) is 0 Å². The summed E-state index contributed by atoms with van der Waals surface area (Å²) >= 11 is 3.54. The fourth-order valence-electron chi connectivity index (χ4n) is 2.71. The summed E-state index contributed by atoms with van der Waals surface area (Å²) in [5.41, 5.74) is 1.35. The highest BCUT2D eigenvalue weighted by molar-refractivity contribution is 9.10. The van der Waals surface area contributed by atoms with Gasteiger partial charge in [-0.05, 0) is 37.6 Å². The number of halogens is 1. The minimum Gasteiger partial charge on any atom is -0.380 e. The maximum atomic E-state index is 5.41. The van der Waals surface area contributed by atoms with Crippen molar-refractivity contribution in [2.75, 3.05) is 33.8 Å². The molecule has 0 aromatic heterocycles. The second-order valence-corrected chi connectivity index (χ2v) is 6.05. The zero-order valence-electron chi connectivity index (χ0n) is 11.7. The molecule has 4 heteroatoms. The number of ether oxygens (including phenoxy) is 1. The zero-order chi connectivity index (χ0) is 13.7. The SMILES string of the molecule is CNC(CCN1CCC(OC)C1)c1cccc(Br)c1. The molecule has 0 spiro atoms. The standard InChI is InChI=1S/C15H23BrN2O/c1-17-15(12-4-3-5-13(16)10-12)7-9-18-8-6-14(11-18)19-2/h3-5,10,14-15,17H,6-9,11H2,1-2H3. The van der Waals surface area contributed by atoms with Gasteiger partial charge in [0.05, 0.1) is 6.10 Å². The van der Waals surface area contributed by atoms with Gasteiger partial charge in [-0.15, -0.1) is 0 Å². The maximum Gasteiger partial charge on any atom is 0.0710 e. The van der Waals surface area contributed by atoms with Gasteiger partial charge in [-0.3, -0.25) is 0 Å². The molecule has 1 aliphatic rings. The predicted octanol–water partition coefficient (Wildman–Crippen LogP) is 2.82. The van der Waals surface area contributed by atoms with Crippen LogP contribution in [0.3, 0.4) is 0 Å². The lowest BCUT2D eigenvalue weighted by Crippen LogP contribution is -2.28. The summed E-state index contributed by atoms with van der Waals surface area (Å²) in [5.74, 6) is 0. The molecule has 106 valence electrons. The highest BCUT2D eigenvalue weighted by atomic mass is 79.9. The van der Waals surface area contributed by atoms with Gasteiger partial charge in [0.15, 0.2) is 0 Å². The van der Waals surface area contributed by atoms with Crippen LogP contribution in [-0.2, 0) is 4.74 Å². The van der Waals surface area contributed by atoms with E-state index in [-0.39, 0.29) is 0 Å². The van der Waals surface area contributed by atoms with Gasteiger partial charge in [0.1, 0.15) is 0 Å². The molecule has 0 bridgehead atoms. The van der Waals surface area contributed by atoms with E-state index in [1.54, 1.807) is 0 Å². The van der Waals surface area contributed by atoms with Gasteiger partial charge in [0, 0.05) is 37.3 Å². The van der Waals surface area contributed by atoms with Crippen LogP contribution in [-0.4, -0.2) is 44.8 Å². The van der Waals surface area contributed by atoms with Crippen molar-refractivity contribution in [1.82, 2.24) is 10.2 Å². The van der Waals surface area contributed by atoms with E-state index < -0.39 is 0 Å². The Balaban J connectivity index is 1.86. The van der Waals surface area contributed by atoms with Gasteiger partial charge in [-0.25, -0.2) is 0 Å². The Morgan fingerprint density at radius 3 is 3.00 bits per heavy atom. The van der Waals surface area contributed by atoms with Crippen LogP contribution < -0.4 is 5.32 Å². The van der Waals surface area contributed by atoms with E-state index >= 15 is 0 Å². The molecule has 2 unspecified atom stereocenters. The number of methoxy groups -OCH3 is 1. The number of benzene rings is 1. The molecular weight excluding hydrogens is 304 g/mol. The molecule has 1 aromatic rings. The van der Waals surface area contributed by atoms with Gasteiger partial charge < -0.3 is 15.0 Å². The average molecular weight is 327 g/mol. The van der Waals surface area contributed by atoms with Crippen LogP contribution in [0.2, 0.25) is 0 Å². The number of nitrogens with zero attached hydrogens (tertiary/aromatic N) is 1. The molecular formula is C15H23BrN2O. The predicted molar refractivity (Wildman–Crippen MR) is 82.4 cm³/mol. The van der Waals surface area contributed by atoms with Crippen molar-refractivity contribution in [1.29, 1.82) is 0 Å². The van der Waals surface area contributed by atoms with Gasteiger partial charge in [-0.1, -0.05) is 28.1 Å². The van der Waals surface area contributed by atoms with Crippen LogP contribution in [0, 0.1) is 0 Å². The lowest BCUT2D eigenvalue weighted by Gasteiger charge is -2.21. The van der Waals surface area contributed by atoms with Gasteiger partial charge in [0.2, 0.25) is 0 Å². The summed E-state index contributed by atoms with van der Waals surface area (Å²) in [6, 6.07) is 8.97. The molecule has 2 atom stereocenters. The minimum absolute atomic E-state index is 0.416. The Bertz CT molecular complexity index is 399. The number of hydrogen-bond donors (Lipinski definition) is 1. The van der Waals surface area contributed by atoms with E-state index in [0.29, 0.717) is 12.1 Å². The molecule has 1 aliphatic heterocycles. The molecule has 3 nitrogen and oxygen atoms in total. The lowest BCUT2D eigenvalue weighted by atomic mass is 10.0. The normalized spacial score (nSPS) is 21.7. The first-order valence-electron chi connectivity index (χ1n) is 6.91. The average Bonchev–Trinajstić information content (AvgIpc) is 2.87. The Hall–Kier alpha value is -0.420. The second-order valence-electron chi connectivity index (χ2n) is 5.13. The molecule has 0 aliphatic carbocycles. The van der Waals surface area contributed by atoms with Crippen molar-refractivity contribution in [3.05, 3.63) is 34.3 Å². The van der Waals surface area contributed by atoms with Crippen LogP contribution in [0.1, 0.15) is 24.4 Å². The number of hydrogen-bond acceptors (Lipinski definition) is 3. The van der Waals surface area contributed by atoms with Crippen LogP contribution in [0.25, 0.3) is 0 Å². The van der Waals surface area contributed by atoms with Crippen LogP contribution >= 0.6 is 15.9 Å². The third-order valence-corrected chi connectivity index (χ3v) is 4.39. The molecule has 0 radical (unpaired) electrons. The molecule has 1 heterocycles.